The van der Waals surface area contributed by atoms with Crippen molar-refractivity contribution in [3.05, 3.63) is 51.5 Å². The Morgan fingerprint density at radius 3 is 2.43 bits per heavy atom. The van der Waals surface area contributed by atoms with E-state index < -0.39 is 10.8 Å². The lowest BCUT2D eigenvalue weighted by Gasteiger charge is -2.32. The van der Waals surface area contributed by atoms with E-state index in [2.05, 4.69) is 5.32 Å². The van der Waals surface area contributed by atoms with Crippen molar-refractivity contribution in [2.45, 2.75) is 25.8 Å². The van der Waals surface area contributed by atoms with Gasteiger partial charge in [-0.3, -0.25) is 19.7 Å². The van der Waals surface area contributed by atoms with E-state index in [0.29, 0.717) is 44.9 Å². The quantitative estimate of drug-likeness (QED) is 0.600. The number of nitro groups is 1. The van der Waals surface area contributed by atoms with Gasteiger partial charge in [0.15, 0.2) is 17.3 Å². The zero-order chi connectivity index (χ0) is 21.3. The standard InChI is InChI=1S/C20H21N3O7/c1-12-4-7-30-18(12)19(24)21-13-2-5-22(6-3-13)20(25)14-10-16-17(29-9-8-28-16)11-15(14)23(26)27/h4,7,10-11,13H,2-3,5-6,8-9H2,1H3,(H,21,24). The normalized spacial score (nSPS) is 16.2. The first-order chi connectivity index (χ1) is 14.4. The molecule has 4 rings (SSSR count). The summed E-state index contributed by atoms with van der Waals surface area (Å²) in [4.78, 5) is 37.7. The van der Waals surface area contributed by atoms with Gasteiger partial charge in [0, 0.05) is 30.8 Å². The highest BCUT2D eigenvalue weighted by Crippen LogP contribution is 2.37. The molecule has 158 valence electrons. The lowest BCUT2D eigenvalue weighted by molar-refractivity contribution is -0.385. The van der Waals surface area contributed by atoms with Crippen molar-refractivity contribution >= 4 is 17.5 Å². The number of nitro benzene ring substituents is 1. The van der Waals surface area contributed by atoms with Gasteiger partial charge >= 0.3 is 0 Å². The van der Waals surface area contributed by atoms with Crippen molar-refractivity contribution in [1.29, 1.82) is 0 Å². The second-order valence-electron chi connectivity index (χ2n) is 7.24. The van der Waals surface area contributed by atoms with Crippen molar-refractivity contribution in [2.24, 2.45) is 0 Å². The SMILES string of the molecule is Cc1ccoc1C(=O)NC1CCN(C(=O)c2cc3c(cc2[N+](=O)[O-])OCCO3)CC1. The van der Waals surface area contributed by atoms with Crippen LogP contribution in [0.5, 0.6) is 11.5 Å². The van der Waals surface area contributed by atoms with E-state index in [9.17, 15) is 19.7 Å². The average Bonchev–Trinajstić information content (AvgIpc) is 3.18. The topological polar surface area (TPSA) is 124 Å². The van der Waals surface area contributed by atoms with Gasteiger partial charge in [0.25, 0.3) is 17.5 Å². The van der Waals surface area contributed by atoms with Crippen molar-refractivity contribution in [2.75, 3.05) is 26.3 Å². The van der Waals surface area contributed by atoms with Gasteiger partial charge < -0.3 is 24.1 Å². The van der Waals surface area contributed by atoms with Crippen LogP contribution in [-0.2, 0) is 0 Å². The van der Waals surface area contributed by atoms with E-state index in [4.69, 9.17) is 13.9 Å². The Morgan fingerprint density at radius 1 is 1.17 bits per heavy atom. The average molecular weight is 415 g/mol. The Kier molecular flexibility index (Phi) is 5.30. The maximum Gasteiger partial charge on any atom is 0.287 e. The summed E-state index contributed by atoms with van der Waals surface area (Å²) in [6, 6.07) is 4.22. The van der Waals surface area contributed by atoms with Crippen molar-refractivity contribution < 1.29 is 28.4 Å². The number of hydrogen-bond acceptors (Lipinski definition) is 7. The Bertz CT molecular complexity index is 992. The molecule has 1 aromatic carbocycles. The molecule has 1 saturated heterocycles. The monoisotopic (exact) mass is 415 g/mol. The number of nitrogens with zero attached hydrogens (tertiary/aromatic N) is 2. The lowest BCUT2D eigenvalue weighted by atomic mass is 10.0. The molecule has 2 aliphatic heterocycles. The molecule has 0 aliphatic carbocycles. The van der Waals surface area contributed by atoms with Gasteiger partial charge in [-0.2, -0.15) is 0 Å². The highest BCUT2D eigenvalue weighted by molar-refractivity contribution is 5.99. The summed E-state index contributed by atoms with van der Waals surface area (Å²) < 4.78 is 16.1. The number of carbonyl (C=O) groups is 2. The third-order valence-corrected chi connectivity index (χ3v) is 5.27. The fourth-order valence-corrected chi connectivity index (χ4v) is 3.65. The molecular formula is C20H21N3O7. The molecule has 2 aromatic rings. The molecule has 30 heavy (non-hydrogen) atoms. The molecule has 0 saturated carbocycles. The maximum atomic E-state index is 13.0. The number of piperidine rings is 1. The lowest BCUT2D eigenvalue weighted by Crippen LogP contribution is -2.46. The van der Waals surface area contributed by atoms with E-state index in [1.807, 2.05) is 0 Å². The molecule has 0 spiro atoms. The zero-order valence-corrected chi connectivity index (χ0v) is 16.4. The number of likely N-dealkylation sites (tertiary alicyclic amines) is 1. The largest absolute Gasteiger partial charge is 0.486 e. The molecule has 1 N–H and O–H groups in total. The fourth-order valence-electron chi connectivity index (χ4n) is 3.65. The van der Waals surface area contributed by atoms with Crippen LogP contribution in [0.1, 0.15) is 39.3 Å². The summed E-state index contributed by atoms with van der Waals surface area (Å²) >= 11 is 0. The molecule has 2 aliphatic rings. The highest BCUT2D eigenvalue weighted by atomic mass is 16.6. The van der Waals surface area contributed by atoms with Gasteiger partial charge in [0.2, 0.25) is 0 Å². The number of fused-ring (bicyclic) bond motifs is 1. The summed E-state index contributed by atoms with van der Waals surface area (Å²) in [6.07, 6.45) is 2.54. The minimum absolute atomic E-state index is 0.0297. The van der Waals surface area contributed by atoms with Gasteiger partial charge in [0.1, 0.15) is 18.8 Å². The molecule has 1 fully saturated rings. The van der Waals surface area contributed by atoms with Crippen LogP contribution in [0.25, 0.3) is 0 Å². The maximum absolute atomic E-state index is 13.0. The van der Waals surface area contributed by atoms with E-state index in [0.717, 1.165) is 5.56 Å². The minimum atomic E-state index is -0.593. The highest BCUT2D eigenvalue weighted by Gasteiger charge is 2.32. The van der Waals surface area contributed by atoms with Gasteiger partial charge in [-0.25, -0.2) is 0 Å². The molecule has 10 heteroatoms. The minimum Gasteiger partial charge on any atom is -0.486 e. The smallest absolute Gasteiger partial charge is 0.287 e. The number of ether oxygens (including phenoxy) is 2. The van der Waals surface area contributed by atoms with E-state index in [-0.39, 0.29) is 34.7 Å². The van der Waals surface area contributed by atoms with Crippen LogP contribution in [0, 0.1) is 17.0 Å². The first kappa shape index (κ1) is 19.7. The molecule has 0 radical (unpaired) electrons. The van der Waals surface area contributed by atoms with Crippen LogP contribution in [-0.4, -0.2) is 54.0 Å². The number of rotatable bonds is 4. The van der Waals surface area contributed by atoms with Gasteiger partial charge in [0.05, 0.1) is 17.3 Å². The van der Waals surface area contributed by atoms with E-state index >= 15 is 0 Å². The molecule has 2 amide bonds. The predicted molar refractivity (Wildman–Crippen MR) is 104 cm³/mol. The van der Waals surface area contributed by atoms with Gasteiger partial charge in [-0.05, 0) is 25.8 Å². The second-order valence-corrected chi connectivity index (χ2v) is 7.24. The van der Waals surface area contributed by atoms with Gasteiger partial charge in [-0.15, -0.1) is 0 Å². The van der Waals surface area contributed by atoms with Crippen molar-refractivity contribution in [3.8, 4) is 11.5 Å². The van der Waals surface area contributed by atoms with Crippen molar-refractivity contribution in [3.63, 3.8) is 0 Å². The number of furan rings is 1. The van der Waals surface area contributed by atoms with E-state index in [1.165, 1.54) is 18.4 Å². The molecule has 1 aromatic heterocycles. The fraction of sp³-hybridized carbons (Fsp3) is 0.400. The molecule has 0 bridgehead atoms. The molecule has 10 nitrogen and oxygen atoms in total. The number of carbonyl (C=O) groups excluding carboxylic acids is 2. The number of aryl methyl sites for hydroxylation is 1. The van der Waals surface area contributed by atoms with Crippen molar-refractivity contribution in [1.82, 2.24) is 10.2 Å². The number of hydrogen-bond donors (Lipinski definition) is 1. The Balaban J connectivity index is 1.44. The third-order valence-electron chi connectivity index (χ3n) is 5.27. The predicted octanol–water partition coefficient (Wildman–Crippen LogP) is 2.30. The molecule has 3 heterocycles. The first-order valence-electron chi connectivity index (χ1n) is 9.66. The van der Waals surface area contributed by atoms with Crippen LogP contribution in [0.2, 0.25) is 0 Å². The summed E-state index contributed by atoms with van der Waals surface area (Å²) in [6.45, 7) is 3.14. The third kappa shape index (κ3) is 3.80. The summed E-state index contributed by atoms with van der Waals surface area (Å²) in [7, 11) is 0. The molecule has 0 atom stereocenters. The first-order valence-corrected chi connectivity index (χ1v) is 9.66. The van der Waals surface area contributed by atoms with Gasteiger partial charge in [-0.1, -0.05) is 0 Å². The Morgan fingerprint density at radius 2 is 1.83 bits per heavy atom. The van der Waals surface area contributed by atoms with Crippen LogP contribution in [0.3, 0.4) is 0 Å². The summed E-state index contributed by atoms with van der Waals surface area (Å²) in [5.41, 5.74) is 0.414. The summed E-state index contributed by atoms with van der Waals surface area (Å²) in [5.74, 6) is 0.140. The van der Waals surface area contributed by atoms with Crippen LogP contribution < -0.4 is 14.8 Å². The van der Waals surface area contributed by atoms with Crippen LogP contribution >= 0.6 is 0 Å². The Labute approximate surface area is 171 Å². The van der Waals surface area contributed by atoms with Crippen LogP contribution in [0.15, 0.2) is 28.9 Å². The number of nitrogens with one attached hydrogen (secondary N) is 1. The second kappa shape index (κ2) is 8.05. The number of amides is 2. The van der Waals surface area contributed by atoms with E-state index in [1.54, 1.807) is 17.9 Å². The molecular weight excluding hydrogens is 394 g/mol. The Hall–Kier alpha value is -3.56. The molecule has 0 unspecified atom stereocenters. The summed E-state index contributed by atoms with van der Waals surface area (Å²) in [5, 5.41) is 14.4. The van der Waals surface area contributed by atoms with Crippen LogP contribution in [0.4, 0.5) is 5.69 Å². The number of benzene rings is 1. The zero-order valence-electron chi connectivity index (χ0n) is 16.4.